The molecule has 1 heterocycles. The maximum atomic E-state index is 5.57. The third kappa shape index (κ3) is 5.40. The Morgan fingerprint density at radius 2 is 2.24 bits per heavy atom. The summed E-state index contributed by atoms with van der Waals surface area (Å²) in [5.41, 5.74) is 9.60. The number of hydrogen-bond acceptors (Lipinski definition) is 6. The fourth-order valence-corrected chi connectivity index (χ4v) is 3.33. The zero-order chi connectivity index (χ0) is 14.9. The Labute approximate surface area is 133 Å². The van der Waals surface area contributed by atoms with E-state index in [4.69, 9.17) is 5.73 Å². The van der Waals surface area contributed by atoms with E-state index >= 15 is 0 Å². The number of nitrogens with zero attached hydrogens (tertiary/aromatic N) is 2. The number of anilines is 2. The van der Waals surface area contributed by atoms with Crippen molar-refractivity contribution in [2.24, 2.45) is 5.10 Å². The smallest absolute Gasteiger partial charge is 0.205 e. The van der Waals surface area contributed by atoms with E-state index in [1.165, 1.54) is 35.5 Å². The highest BCUT2D eigenvalue weighted by atomic mass is 32.2. The second-order valence-electron chi connectivity index (χ2n) is 4.54. The van der Waals surface area contributed by atoms with E-state index in [0.717, 1.165) is 11.3 Å². The topological polar surface area (TPSA) is 63.3 Å². The summed E-state index contributed by atoms with van der Waals surface area (Å²) in [6.07, 6.45) is 5.63. The Morgan fingerprint density at radius 1 is 1.38 bits per heavy atom. The molecule has 3 N–H and O–H groups in total. The average molecular weight is 320 g/mol. The van der Waals surface area contributed by atoms with E-state index in [1.54, 1.807) is 5.38 Å². The second-order valence-corrected chi connectivity index (χ2v) is 6.54. The van der Waals surface area contributed by atoms with Crippen molar-refractivity contribution in [1.82, 2.24) is 4.98 Å². The average Bonchev–Trinajstić information content (AvgIpc) is 2.91. The molecule has 1 aromatic carbocycles. The molecule has 0 unspecified atom stereocenters. The molecule has 0 aliphatic heterocycles. The van der Waals surface area contributed by atoms with Gasteiger partial charge in [-0.3, -0.25) is 5.43 Å². The van der Waals surface area contributed by atoms with E-state index in [-0.39, 0.29) is 0 Å². The fraction of sp³-hybridized carbons (Fsp3) is 0.333. The maximum absolute atomic E-state index is 5.57. The molecule has 0 aliphatic rings. The summed E-state index contributed by atoms with van der Waals surface area (Å²) < 4.78 is 0. The lowest BCUT2D eigenvalue weighted by atomic mass is 10.2. The number of nitrogen functional groups attached to an aromatic ring is 1. The van der Waals surface area contributed by atoms with Crippen LogP contribution in [0.1, 0.15) is 31.7 Å². The van der Waals surface area contributed by atoms with Crippen molar-refractivity contribution in [2.75, 3.05) is 16.9 Å². The molecule has 1 aromatic heterocycles. The first-order chi connectivity index (χ1) is 10.3. The van der Waals surface area contributed by atoms with Gasteiger partial charge in [0, 0.05) is 15.8 Å². The predicted octanol–water partition coefficient (Wildman–Crippen LogP) is 4.45. The number of hydrogen-bond donors (Lipinski definition) is 2. The number of hydrazone groups is 1. The number of thiazole rings is 1. The molecule has 21 heavy (non-hydrogen) atoms. The van der Waals surface area contributed by atoms with E-state index < -0.39 is 0 Å². The number of benzene rings is 1. The molecule has 0 aliphatic carbocycles. The normalized spacial score (nSPS) is 11.1. The number of nitrogens with two attached hydrogens (primary N) is 1. The van der Waals surface area contributed by atoms with Gasteiger partial charge in [0.2, 0.25) is 5.13 Å². The molecule has 112 valence electrons. The lowest BCUT2D eigenvalue weighted by molar-refractivity contribution is 0.778. The van der Waals surface area contributed by atoms with E-state index in [0.29, 0.717) is 10.9 Å². The molecular weight excluding hydrogens is 300 g/mol. The summed E-state index contributed by atoms with van der Waals surface area (Å²) in [6.45, 7) is 2.22. The number of rotatable bonds is 8. The first-order valence-electron chi connectivity index (χ1n) is 7.01. The first-order valence-corrected chi connectivity index (χ1v) is 8.88. The van der Waals surface area contributed by atoms with Crippen LogP contribution in [0.2, 0.25) is 0 Å². The number of unbranched alkanes of at least 4 members (excludes halogenated alkanes) is 2. The van der Waals surface area contributed by atoms with Gasteiger partial charge in [0.1, 0.15) is 5.82 Å². The molecule has 0 fully saturated rings. The van der Waals surface area contributed by atoms with E-state index in [9.17, 15) is 0 Å². The van der Waals surface area contributed by atoms with Gasteiger partial charge >= 0.3 is 0 Å². The first kappa shape index (κ1) is 15.9. The molecule has 0 amide bonds. The monoisotopic (exact) mass is 320 g/mol. The highest BCUT2D eigenvalue weighted by Gasteiger charge is 2.00. The minimum absolute atomic E-state index is 0.518. The van der Waals surface area contributed by atoms with Crippen molar-refractivity contribution in [3.8, 4) is 0 Å². The molecule has 2 rings (SSSR count). The molecule has 0 saturated carbocycles. The van der Waals surface area contributed by atoms with Crippen molar-refractivity contribution in [1.29, 1.82) is 0 Å². The van der Waals surface area contributed by atoms with Crippen molar-refractivity contribution >= 4 is 40.3 Å². The van der Waals surface area contributed by atoms with Crippen LogP contribution in [0.4, 0.5) is 10.9 Å². The van der Waals surface area contributed by atoms with Crippen LogP contribution >= 0.6 is 23.1 Å². The summed E-state index contributed by atoms with van der Waals surface area (Å²) >= 11 is 3.33. The van der Waals surface area contributed by atoms with Crippen molar-refractivity contribution < 1.29 is 0 Å². The van der Waals surface area contributed by atoms with Crippen LogP contribution in [-0.2, 0) is 0 Å². The summed E-state index contributed by atoms with van der Waals surface area (Å²) in [6, 6.07) is 8.30. The Morgan fingerprint density at radius 3 is 3.00 bits per heavy atom. The van der Waals surface area contributed by atoms with Crippen LogP contribution in [0.3, 0.4) is 0 Å². The molecule has 0 spiro atoms. The molecule has 4 nitrogen and oxygen atoms in total. The summed E-state index contributed by atoms with van der Waals surface area (Å²) in [5.74, 6) is 1.67. The summed E-state index contributed by atoms with van der Waals surface area (Å²) in [4.78, 5) is 5.36. The van der Waals surface area contributed by atoms with Crippen LogP contribution in [0.25, 0.3) is 0 Å². The van der Waals surface area contributed by atoms with Gasteiger partial charge in [-0.15, -0.1) is 23.1 Å². The standard InChI is InChI=1S/C15H20N4S2/c1-2-3-6-9-20-13-8-5-4-7-12(13)10-17-19-15-18-14(16)11-21-15/h4-5,7-8,10-11H,2-3,6,9,16H2,1H3,(H,18,19). The van der Waals surface area contributed by atoms with Crippen molar-refractivity contribution in [3.63, 3.8) is 0 Å². The zero-order valence-corrected chi connectivity index (χ0v) is 13.7. The van der Waals surface area contributed by atoms with Crippen LogP contribution in [0.15, 0.2) is 39.6 Å². The Hall–Kier alpha value is -1.53. The van der Waals surface area contributed by atoms with Gasteiger partial charge in [0.25, 0.3) is 0 Å². The quantitative estimate of drug-likeness (QED) is 0.326. The van der Waals surface area contributed by atoms with Gasteiger partial charge in [-0.1, -0.05) is 38.0 Å². The Balaban J connectivity index is 1.92. The minimum atomic E-state index is 0.518. The molecule has 0 radical (unpaired) electrons. The van der Waals surface area contributed by atoms with Gasteiger partial charge in [-0.2, -0.15) is 5.10 Å². The van der Waals surface area contributed by atoms with Crippen molar-refractivity contribution in [3.05, 3.63) is 35.2 Å². The highest BCUT2D eigenvalue weighted by molar-refractivity contribution is 7.99. The number of nitrogens with one attached hydrogen (secondary N) is 1. The number of aromatic nitrogens is 1. The molecule has 0 saturated heterocycles. The number of thioether (sulfide) groups is 1. The lowest BCUT2D eigenvalue weighted by Gasteiger charge is -2.05. The summed E-state index contributed by atoms with van der Waals surface area (Å²) in [7, 11) is 0. The molecular formula is C15H20N4S2. The second kappa shape index (κ2) is 8.69. The Bertz CT molecular complexity index is 581. The van der Waals surface area contributed by atoms with Crippen LogP contribution in [-0.4, -0.2) is 17.0 Å². The third-order valence-corrected chi connectivity index (χ3v) is 4.75. The predicted molar refractivity (Wildman–Crippen MR) is 94.4 cm³/mol. The fourth-order valence-electron chi connectivity index (χ4n) is 1.75. The third-order valence-electron chi connectivity index (χ3n) is 2.81. The van der Waals surface area contributed by atoms with Gasteiger partial charge in [0.05, 0.1) is 6.21 Å². The Kier molecular flexibility index (Phi) is 6.56. The molecule has 2 aromatic rings. The van der Waals surface area contributed by atoms with E-state index in [2.05, 4.69) is 40.6 Å². The molecule has 6 heteroatoms. The largest absolute Gasteiger partial charge is 0.383 e. The lowest BCUT2D eigenvalue weighted by Crippen LogP contribution is -1.93. The van der Waals surface area contributed by atoms with Gasteiger partial charge < -0.3 is 5.73 Å². The maximum Gasteiger partial charge on any atom is 0.205 e. The minimum Gasteiger partial charge on any atom is -0.383 e. The molecule has 0 bridgehead atoms. The summed E-state index contributed by atoms with van der Waals surface area (Å²) in [5, 5.41) is 6.73. The zero-order valence-electron chi connectivity index (χ0n) is 12.1. The van der Waals surface area contributed by atoms with Gasteiger partial charge in [-0.05, 0) is 18.2 Å². The van der Waals surface area contributed by atoms with Gasteiger partial charge in [0.15, 0.2) is 0 Å². The molecule has 0 atom stereocenters. The van der Waals surface area contributed by atoms with Gasteiger partial charge in [-0.25, -0.2) is 4.98 Å². The van der Waals surface area contributed by atoms with Crippen LogP contribution in [0.5, 0.6) is 0 Å². The van der Waals surface area contributed by atoms with E-state index in [1.807, 2.05) is 24.0 Å². The SMILES string of the molecule is CCCCCSc1ccccc1C=NNc1nc(N)cs1. The van der Waals surface area contributed by atoms with Crippen LogP contribution in [0, 0.1) is 0 Å². The van der Waals surface area contributed by atoms with Crippen molar-refractivity contribution in [2.45, 2.75) is 31.1 Å². The highest BCUT2D eigenvalue weighted by Crippen LogP contribution is 2.23. The van der Waals surface area contributed by atoms with Crippen LogP contribution < -0.4 is 11.2 Å².